The molecule has 27 heavy (non-hydrogen) atoms. The molecule has 0 fully saturated rings. The van der Waals surface area contributed by atoms with Crippen LogP contribution in [0.1, 0.15) is 18.2 Å². The van der Waals surface area contributed by atoms with Crippen LogP contribution in [0.3, 0.4) is 0 Å². The Hall–Kier alpha value is -2.01. The molecule has 0 aliphatic carbocycles. The van der Waals surface area contributed by atoms with E-state index in [0.29, 0.717) is 38.9 Å². The topological polar surface area (TPSA) is 47.0 Å². The molecule has 0 spiro atoms. The van der Waals surface area contributed by atoms with E-state index in [-0.39, 0.29) is 0 Å². The van der Waals surface area contributed by atoms with Gasteiger partial charge in [-0.1, -0.05) is 53.9 Å². The van der Waals surface area contributed by atoms with E-state index in [1.54, 1.807) is 18.2 Å². The average Bonchev–Trinajstić information content (AvgIpc) is 2.67. The predicted octanol–water partition coefficient (Wildman–Crippen LogP) is 6.45. The van der Waals surface area contributed by atoms with Gasteiger partial charge in [0.25, 0.3) is 0 Å². The standard InChI is InChI=1S/C20H18Cl3N3O/c1-2-17-19(23)20(26-12-25-17)24-10-9-13-3-6-15(7-4-13)27-18-8-5-14(21)11-16(18)22/h3-8,11-12H,2,9-10H2,1H3,(H,24,25,26). The maximum absolute atomic E-state index is 6.29. The number of rotatable bonds is 7. The minimum atomic E-state index is 0.476. The third kappa shape index (κ3) is 5.25. The van der Waals surface area contributed by atoms with Crippen molar-refractivity contribution in [1.82, 2.24) is 9.97 Å². The zero-order valence-electron chi connectivity index (χ0n) is 14.7. The van der Waals surface area contributed by atoms with Crippen molar-refractivity contribution in [3.8, 4) is 11.5 Å². The van der Waals surface area contributed by atoms with E-state index in [2.05, 4.69) is 15.3 Å². The molecule has 1 aromatic heterocycles. The van der Waals surface area contributed by atoms with Crippen LogP contribution in [-0.4, -0.2) is 16.5 Å². The van der Waals surface area contributed by atoms with Gasteiger partial charge in [-0.05, 0) is 48.7 Å². The van der Waals surface area contributed by atoms with E-state index in [0.717, 1.165) is 24.1 Å². The van der Waals surface area contributed by atoms with Gasteiger partial charge in [-0.15, -0.1) is 0 Å². The predicted molar refractivity (Wildman–Crippen MR) is 112 cm³/mol. The number of halogens is 3. The summed E-state index contributed by atoms with van der Waals surface area (Å²) < 4.78 is 5.79. The largest absolute Gasteiger partial charge is 0.456 e. The molecule has 0 saturated heterocycles. The molecule has 0 aliphatic heterocycles. The van der Waals surface area contributed by atoms with Crippen LogP contribution in [0, 0.1) is 0 Å². The Morgan fingerprint density at radius 1 is 1.00 bits per heavy atom. The molecule has 1 heterocycles. The molecule has 0 atom stereocenters. The first-order valence-electron chi connectivity index (χ1n) is 8.52. The van der Waals surface area contributed by atoms with Crippen molar-refractivity contribution in [2.24, 2.45) is 0 Å². The lowest BCUT2D eigenvalue weighted by atomic mass is 10.1. The molecule has 4 nitrogen and oxygen atoms in total. The first-order valence-corrected chi connectivity index (χ1v) is 9.65. The summed E-state index contributed by atoms with van der Waals surface area (Å²) >= 11 is 18.3. The minimum absolute atomic E-state index is 0.476. The van der Waals surface area contributed by atoms with Gasteiger partial charge in [-0.25, -0.2) is 9.97 Å². The third-order valence-corrected chi connectivity index (χ3v) is 4.88. The zero-order chi connectivity index (χ0) is 19.2. The summed E-state index contributed by atoms with van der Waals surface area (Å²) in [6, 6.07) is 13.0. The van der Waals surface area contributed by atoms with Crippen LogP contribution in [0.15, 0.2) is 48.8 Å². The van der Waals surface area contributed by atoms with Crippen molar-refractivity contribution in [3.63, 3.8) is 0 Å². The van der Waals surface area contributed by atoms with E-state index in [4.69, 9.17) is 39.5 Å². The molecule has 0 amide bonds. The molecule has 0 unspecified atom stereocenters. The number of ether oxygens (including phenoxy) is 1. The van der Waals surface area contributed by atoms with Crippen LogP contribution in [0.25, 0.3) is 0 Å². The van der Waals surface area contributed by atoms with Crippen LogP contribution in [0.5, 0.6) is 11.5 Å². The Kier molecular flexibility index (Phi) is 6.78. The fraction of sp³-hybridized carbons (Fsp3) is 0.200. The molecule has 0 saturated carbocycles. The maximum atomic E-state index is 6.29. The summed E-state index contributed by atoms with van der Waals surface area (Å²) in [4.78, 5) is 8.36. The van der Waals surface area contributed by atoms with Gasteiger partial charge in [0, 0.05) is 11.6 Å². The Labute approximate surface area is 173 Å². The highest BCUT2D eigenvalue weighted by atomic mass is 35.5. The molecule has 3 aromatic rings. The average molecular weight is 423 g/mol. The number of aryl methyl sites for hydroxylation is 1. The number of hydrogen-bond donors (Lipinski definition) is 1. The highest BCUT2D eigenvalue weighted by Gasteiger charge is 2.07. The first kappa shape index (κ1) is 19.7. The third-order valence-electron chi connectivity index (χ3n) is 3.95. The zero-order valence-corrected chi connectivity index (χ0v) is 16.9. The molecule has 0 radical (unpaired) electrons. The Balaban J connectivity index is 1.56. The van der Waals surface area contributed by atoms with Crippen molar-refractivity contribution in [3.05, 3.63) is 75.1 Å². The van der Waals surface area contributed by atoms with Crippen molar-refractivity contribution in [2.45, 2.75) is 19.8 Å². The second-order valence-electron chi connectivity index (χ2n) is 5.83. The van der Waals surface area contributed by atoms with Gasteiger partial charge in [0.1, 0.15) is 28.7 Å². The number of aromatic nitrogens is 2. The van der Waals surface area contributed by atoms with Crippen molar-refractivity contribution in [1.29, 1.82) is 0 Å². The van der Waals surface area contributed by atoms with Gasteiger partial charge >= 0.3 is 0 Å². The van der Waals surface area contributed by atoms with E-state index >= 15 is 0 Å². The molecule has 140 valence electrons. The van der Waals surface area contributed by atoms with Crippen LogP contribution >= 0.6 is 34.8 Å². The van der Waals surface area contributed by atoms with Gasteiger partial charge in [0.2, 0.25) is 0 Å². The second kappa shape index (κ2) is 9.27. The molecule has 7 heteroatoms. The summed E-state index contributed by atoms with van der Waals surface area (Å²) in [5, 5.41) is 4.90. The van der Waals surface area contributed by atoms with Gasteiger partial charge < -0.3 is 10.1 Å². The smallest absolute Gasteiger partial charge is 0.148 e. The van der Waals surface area contributed by atoms with E-state index in [1.807, 2.05) is 31.2 Å². The summed E-state index contributed by atoms with van der Waals surface area (Å²) in [7, 11) is 0. The van der Waals surface area contributed by atoms with Crippen LogP contribution in [0.2, 0.25) is 15.1 Å². The molecule has 3 rings (SSSR count). The summed E-state index contributed by atoms with van der Waals surface area (Å²) in [5.74, 6) is 1.95. The van der Waals surface area contributed by atoms with E-state index in [9.17, 15) is 0 Å². The van der Waals surface area contributed by atoms with Crippen LogP contribution < -0.4 is 10.1 Å². The first-order chi connectivity index (χ1) is 13.1. The SMILES string of the molecule is CCc1ncnc(NCCc2ccc(Oc3ccc(Cl)cc3Cl)cc2)c1Cl. The van der Waals surface area contributed by atoms with E-state index < -0.39 is 0 Å². The highest BCUT2D eigenvalue weighted by Crippen LogP contribution is 2.31. The van der Waals surface area contributed by atoms with Crippen LogP contribution in [-0.2, 0) is 12.8 Å². The molecular weight excluding hydrogens is 405 g/mol. The van der Waals surface area contributed by atoms with Gasteiger partial charge in [0.15, 0.2) is 0 Å². The van der Waals surface area contributed by atoms with Crippen molar-refractivity contribution >= 4 is 40.6 Å². The molecule has 0 bridgehead atoms. The lowest BCUT2D eigenvalue weighted by Crippen LogP contribution is -2.08. The lowest BCUT2D eigenvalue weighted by molar-refractivity contribution is 0.482. The Bertz CT molecular complexity index is 917. The number of nitrogens with one attached hydrogen (secondary N) is 1. The van der Waals surface area contributed by atoms with Crippen molar-refractivity contribution < 1.29 is 4.74 Å². The minimum Gasteiger partial charge on any atom is -0.456 e. The normalized spacial score (nSPS) is 10.7. The summed E-state index contributed by atoms with van der Waals surface area (Å²) in [5.41, 5.74) is 2.01. The number of nitrogens with zero attached hydrogens (tertiary/aromatic N) is 2. The second-order valence-corrected chi connectivity index (χ2v) is 7.06. The van der Waals surface area contributed by atoms with Crippen LogP contribution in [0.4, 0.5) is 5.82 Å². The number of anilines is 1. The lowest BCUT2D eigenvalue weighted by Gasteiger charge is -2.10. The van der Waals surface area contributed by atoms with Gasteiger partial charge in [0.05, 0.1) is 10.7 Å². The molecule has 1 N–H and O–H groups in total. The van der Waals surface area contributed by atoms with Crippen molar-refractivity contribution in [2.75, 3.05) is 11.9 Å². The van der Waals surface area contributed by atoms with Gasteiger partial charge in [-0.2, -0.15) is 0 Å². The maximum Gasteiger partial charge on any atom is 0.148 e. The summed E-state index contributed by atoms with van der Waals surface area (Å²) in [6.07, 6.45) is 3.12. The quantitative estimate of drug-likeness (QED) is 0.475. The Morgan fingerprint density at radius 2 is 1.78 bits per heavy atom. The fourth-order valence-electron chi connectivity index (χ4n) is 2.51. The Morgan fingerprint density at radius 3 is 2.48 bits per heavy atom. The van der Waals surface area contributed by atoms with E-state index in [1.165, 1.54) is 6.33 Å². The molecule has 2 aromatic carbocycles. The van der Waals surface area contributed by atoms with Gasteiger partial charge in [-0.3, -0.25) is 0 Å². The highest BCUT2D eigenvalue weighted by molar-refractivity contribution is 6.35. The number of hydrogen-bond acceptors (Lipinski definition) is 4. The monoisotopic (exact) mass is 421 g/mol. The number of benzene rings is 2. The summed E-state index contributed by atoms with van der Waals surface area (Å²) in [6.45, 7) is 2.72. The fourth-order valence-corrected chi connectivity index (χ4v) is 3.26. The molecular formula is C20H18Cl3N3O. The molecule has 0 aliphatic rings.